The summed E-state index contributed by atoms with van der Waals surface area (Å²) in [5.41, 5.74) is 2.70. The summed E-state index contributed by atoms with van der Waals surface area (Å²) in [5.74, 6) is -0.379. The number of nitrogens with zero attached hydrogens (tertiary/aromatic N) is 3. The molecular weight excluding hydrogens is 268 g/mol. The molecule has 0 atom stereocenters. The Morgan fingerprint density at radius 1 is 1.19 bits per heavy atom. The van der Waals surface area contributed by atoms with Crippen LogP contribution in [0.3, 0.4) is 0 Å². The van der Waals surface area contributed by atoms with Gasteiger partial charge in [0.25, 0.3) is 5.91 Å². The molecule has 0 aliphatic heterocycles. The van der Waals surface area contributed by atoms with Crippen molar-refractivity contribution in [2.24, 2.45) is 0 Å². The molecule has 0 bridgehead atoms. The van der Waals surface area contributed by atoms with Crippen LogP contribution in [-0.4, -0.2) is 26.2 Å². The second kappa shape index (κ2) is 6.30. The highest BCUT2D eigenvalue weighted by Crippen LogP contribution is 2.19. The van der Waals surface area contributed by atoms with Crippen LogP contribution in [0, 0.1) is 6.92 Å². The van der Waals surface area contributed by atoms with Gasteiger partial charge in [-0.3, -0.25) is 10.1 Å². The number of amides is 1. The van der Waals surface area contributed by atoms with E-state index < -0.39 is 5.91 Å². The zero-order valence-electron chi connectivity index (χ0n) is 12.3. The van der Waals surface area contributed by atoms with E-state index in [1.807, 2.05) is 20.8 Å². The second-order valence-corrected chi connectivity index (χ2v) is 4.71. The van der Waals surface area contributed by atoms with E-state index in [2.05, 4.69) is 20.5 Å². The molecule has 1 amide bonds. The van der Waals surface area contributed by atoms with E-state index in [4.69, 9.17) is 0 Å². The molecular formula is C15H18N4O2. The molecule has 2 aromatic rings. The molecule has 0 fully saturated rings. The third kappa shape index (κ3) is 3.34. The number of rotatable bonds is 4. The van der Waals surface area contributed by atoms with Crippen LogP contribution in [0.5, 0.6) is 5.75 Å². The van der Waals surface area contributed by atoms with Gasteiger partial charge >= 0.3 is 0 Å². The van der Waals surface area contributed by atoms with Gasteiger partial charge in [-0.25, -0.2) is 4.98 Å². The van der Waals surface area contributed by atoms with Crippen molar-refractivity contribution in [3.8, 4) is 5.75 Å². The zero-order valence-corrected chi connectivity index (χ0v) is 12.3. The van der Waals surface area contributed by atoms with Crippen LogP contribution in [0.4, 0.5) is 5.95 Å². The van der Waals surface area contributed by atoms with Crippen molar-refractivity contribution in [2.45, 2.75) is 33.6 Å². The maximum atomic E-state index is 12.1. The number of nitrogens with one attached hydrogen (secondary N) is 1. The van der Waals surface area contributed by atoms with Gasteiger partial charge in [0.15, 0.2) is 0 Å². The van der Waals surface area contributed by atoms with Crippen molar-refractivity contribution in [1.82, 2.24) is 15.2 Å². The second-order valence-electron chi connectivity index (χ2n) is 4.71. The van der Waals surface area contributed by atoms with Crippen molar-refractivity contribution in [2.75, 3.05) is 5.32 Å². The van der Waals surface area contributed by atoms with Crippen molar-refractivity contribution in [3.63, 3.8) is 0 Å². The molecule has 0 aliphatic carbocycles. The van der Waals surface area contributed by atoms with Gasteiger partial charge < -0.3 is 5.11 Å². The molecule has 6 nitrogen and oxygen atoms in total. The Balaban J connectivity index is 2.23. The lowest BCUT2D eigenvalue weighted by Crippen LogP contribution is -2.16. The minimum Gasteiger partial charge on any atom is -0.507 e. The normalized spacial score (nSPS) is 10.4. The molecule has 2 rings (SSSR count). The lowest BCUT2D eigenvalue weighted by atomic mass is 10.1. The van der Waals surface area contributed by atoms with Gasteiger partial charge in [-0.15, -0.1) is 10.2 Å². The average molecular weight is 286 g/mol. The maximum Gasteiger partial charge on any atom is 0.261 e. The SMILES string of the molecule is CCc1nnc(NC(=O)c2ccc(C)cc2O)nc1CC. The fraction of sp³-hybridized carbons (Fsp3) is 0.333. The molecule has 0 saturated heterocycles. The summed E-state index contributed by atoms with van der Waals surface area (Å²) in [5, 5.41) is 20.3. The lowest BCUT2D eigenvalue weighted by molar-refractivity contribution is 0.102. The maximum absolute atomic E-state index is 12.1. The number of hydrogen-bond acceptors (Lipinski definition) is 5. The number of hydrogen-bond donors (Lipinski definition) is 2. The van der Waals surface area contributed by atoms with E-state index in [0.717, 1.165) is 29.8 Å². The molecule has 0 aliphatic rings. The number of benzene rings is 1. The Labute approximate surface area is 123 Å². The number of aromatic nitrogens is 3. The predicted molar refractivity (Wildman–Crippen MR) is 79.4 cm³/mol. The standard InChI is InChI=1S/C15H18N4O2/c1-4-11-12(5-2)18-19-15(16-11)17-14(21)10-7-6-9(3)8-13(10)20/h6-8,20H,4-5H2,1-3H3,(H,16,17,19,21). The number of carbonyl (C=O) groups is 1. The number of anilines is 1. The van der Waals surface area contributed by atoms with Gasteiger partial charge in [0, 0.05) is 0 Å². The first-order chi connectivity index (χ1) is 10.0. The van der Waals surface area contributed by atoms with Crippen LogP contribution in [0.15, 0.2) is 18.2 Å². The number of aryl methyl sites for hydroxylation is 3. The molecule has 0 unspecified atom stereocenters. The lowest BCUT2D eigenvalue weighted by Gasteiger charge is -2.08. The molecule has 2 N–H and O–H groups in total. The zero-order chi connectivity index (χ0) is 15.4. The Bertz CT molecular complexity index is 671. The van der Waals surface area contributed by atoms with Gasteiger partial charge in [-0.2, -0.15) is 0 Å². The molecule has 1 aromatic heterocycles. The third-order valence-electron chi connectivity index (χ3n) is 3.13. The van der Waals surface area contributed by atoms with E-state index in [1.54, 1.807) is 12.1 Å². The molecule has 6 heteroatoms. The Hall–Kier alpha value is -2.50. The largest absolute Gasteiger partial charge is 0.507 e. The average Bonchev–Trinajstić information content (AvgIpc) is 2.46. The number of carbonyl (C=O) groups excluding carboxylic acids is 1. The molecule has 21 heavy (non-hydrogen) atoms. The first kappa shape index (κ1) is 14.9. The number of phenolic OH excluding ortho intramolecular Hbond substituents is 1. The highest BCUT2D eigenvalue weighted by molar-refractivity contribution is 6.05. The quantitative estimate of drug-likeness (QED) is 0.900. The topological polar surface area (TPSA) is 88.0 Å². The first-order valence-electron chi connectivity index (χ1n) is 6.88. The predicted octanol–water partition coefficient (Wildman–Crippen LogP) is 2.26. The first-order valence-corrected chi connectivity index (χ1v) is 6.88. The molecule has 110 valence electrons. The van der Waals surface area contributed by atoms with Crippen molar-refractivity contribution in [3.05, 3.63) is 40.7 Å². The van der Waals surface area contributed by atoms with E-state index in [0.29, 0.717) is 0 Å². The highest BCUT2D eigenvalue weighted by atomic mass is 16.3. The van der Waals surface area contributed by atoms with Crippen LogP contribution in [0.25, 0.3) is 0 Å². The summed E-state index contributed by atoms with van der Waals surface area (Å²) in [6.45, 7) is 5.79. The number of phenols is 1. The minimum atomic E-state index is -0.458. The molecule has 1 aromatic carbocycles. The summed E-state index contributed by atoms with van der Waals surface area (Å²) >= 11 is 0. The van der Waals surface area contributed by atoms with Crippen LogP contribution in [0.2, 0.25) is 0 Å². The van der Waals surface area contributed by atoms with Gasteiger partial charge in [0.2, 0.25) is 5.95 Å². The Morgan fingerprint density at radius 2 is 1.90 bits per heavy atom. The Kier molecular flexibility index (Phi) is 4.47. The fourth-order valence-corrected chi connectivity index (χ4v) is 1.99. The van der Waals surface area contributed by atoms with Crippen molar-refractivity contribution < 1.29 is 9.90 Å². The van der Waals surface area contributed by atoms with Gasteiger partial charge in [-0.1, -0.05) is 19.9 Å². The molecule has 1 heterocycles. The summed E-state index contributed by atoms with van der Waals surface area (Å²) < 4.78 is 0. The highest BCUT2D eigenvalue weighted by Gasteiger charge is 2.14. The van der Waals surface area contributed by atoms with Crippen LogP contribution >= 0.6 is 0 Å². The van der Waals surface area contributed by atoms with Crippen molar-refractivity contribution in [1.29, 1.82) is 0 Å². The third-order valence-corrected chi connectivity index (χ3v) is 3.13. The molecule has 0 spiro atoms. The summed E-state index contributed by atoms with van der Waals surface area (Å²) in [6, 6.07) is 4.85. The van der Waals surface area contributed by atoms with Crippen molar-refractivity contribution >= 4 is 11.9 Å². The van der Waals surface area contributed by atoms with Crippen LogP contribution in [-0.2, 0) is 12.8 Å². The van der Waals surface area contributed by atoms with Crippen LogP contribution < -0.4 is 5.32 Å². The molecule has 0 radical (unpaired) electrons. The van der Waals surface area contributed by atoms with E-state index in [1.165, 1.54) is 6.07 Å². The smallest absolute Gasteiger partial charge is 0.261 e. The summed E-state index contributed by atoms with van der Waals surface area (Å²) in [4.78, 5) is 16.4. The minimum absolute atomic E-state index is 0.0682. The molecule has 0 saturated carbocycles. The van der Waals surface area contributed by atoms with Gasteiger partial charge in [0.1, 0.15) is 5.75 Å². The van der Waals surface area contributed by atoms with E-state index in [9.17, 15) is 9.90 Å². The summed E-state index contributed by atoms with van der Waals surface area (Å²) in [7, 11) is 0. The van der Waals surface area contributed by atoms with E-state index in [-0.39, 0.29) is 17.3 Å². The van der Waals surface area contributed by atoms with Crippen LogP contribution in [0.1, 0.15) is 41.2 Å². The fourth-order valence-electron chi connectivity index (χ4n) is 1.99. The monoisotopic (exact) mass is 286 g/mol. The van der Waals surface area contributed by atoms with Gasteiger partial charge in [0.05, 0.1) is 17.0 Å². The summed E-state index contributed by atoms with van der Waals surface area (Å²) in [6.07, 6.45) is 1.47. The number of aromatic hydroxyl groups is 1. The van der Waals surface area contributed by atoms with Gasteiger partial charge in [-0.05, 0) is 37.5 Å². The van der Waals surface area contributed by atoms with E-state index >= 15 is 0 Å². The Morgan fingerprint density at radius 3 is 2.52 bits per heavy atom.